The van der Waals surface area contributed by atoms with Gasteiger partial charge < -0.3 is 9.88 Å². The van der Waals surface area contributed by atoms with Gasteiger partial charge in [-0.3, -0.25) is 0 Å². The molecule has 0 radical (unpaired) electrons. The van der Waals surface area contributed by atoms with Gasteiger partial charge in [0, 0.05) is 17.2 Å². The number of benzene rings is 1. The highest BCUT2D eigenvalue weighted by Crippen LogP contribution is 2.35. The van der Waals surface area contributed by atoms with E-state index in [4.69, 9.17) is 0 Å². The number of rotatable bonds is 4. The molecule has 2 rings (SSSR count). The Labute approximate surface area is 129 Å². The van der Waals surface area contributed by atoms with E-state index in [1.54, 1.807) is 0 Å². The fraction of sp³-hybridized carbons (Fsp3) is 0.357. The van der Waals surface area contributed by atoms with Gasteiger partial charge in [-0.1, -0.05) is 6.92 Å². The molecule has 0 aliphatic carbocycles. The van der Waals surface area contributed by atoms with Crippen LogP contribution in [0.4, 0.5) is 24.8 Å². The number of nitrogens with zero attached hydrogens (tertiary/aromatic N) is 2. The summed E-state index contributed by atoms with van der Waals surface area (Å²) in [4.78, 5) is 4.31. The Morgan fingerprint density at radius 1 is 1.33 bits per heavy atom. The van der Waals surface area contributed by atoms with E-state index in [0.29, 0.717) is 16.1 Å². The molecule has 0 unspecified atom stereocenters. The van der Waals surface area contributed by atoms with Gasteiger partial charge in [-0.25, -0.2) is 4.98 Å². The Morgan fingerprint density at radius 2 is 2.05 bits per heavy atom. The van der Waals surface area contributed by atoms with Crippen LogP contribution in [0.25, 0.3) is 0 Å². The van der Waals surface area contributed by atoms with Gasteiger partial charge in [0.2, 0.25) is 5.95 Å². The van der Waals surface area contributed by atoms with Gasteiger partial charge >= 0.3 is 6.18 Å². The summed E-state index contributed by atoms with van der Waals surface area (Å²) in [6.45, 7) is 4.62. The quantitative estimate of drug-likeness (QED) is 0.818. The van der Waals surface area contributed by atoms with Crippen molar-refractivity contribution < 1.29 is 13.2 Å². The molecule has 0 aliphatic heterocycles. The van der Waals surface area contributed by atoms with Gasteiger partial charge in [0.25, 0.3) is 0 Å². The zero-order chi connectivity index (χ0) is 15.6. The third-order valence-corrected chi connectivity index (χ3v) is 3.59. The van der Waals surface area contributed by atoms with E-state index in [-0.39, 0.29) is 0 Å². The van der Waals surface area contributed by atoms with Crippen LogP contribution in [0.3, 0.4) is 0 Å². The molecule has 0 spiro atoms. The molecule has 0 amide bonds. The lowest BCUT2D eigenvalue weighted by atomic mass is 10.2. The molecule has 0 saturated carbocycles. The molecule has 0 bridgehead atoms. The van der Waals surface area contributed by atoms with Crippen LogP contribution in [0.5, 0.6) is 0 Å². The molecule has 0 atom stereocenters. The second kappa shape index (κ2) is 6.09. The molecule has 1 heterocycles. The van der Waals surface area contributed by atoms with Crippen molar-refractivity contribution in [3.8, 4) is 0 Å². The molecule has 21 heavy (non-hydrogen) atoms. The number of nitrogens with one attached hydrogen (secondary N) is 1. The first-order valence-corrected chi connectivity index (χ1v) is 7.28. The van der Waals surface area contributed by atoms with Gasteiger partial charge in [-0.05, 0) is 47.5 Å². The van der Waals surface area contributed by atoms with E-state index in [9.17, 15) is 13.2 Å². The molecule has 0 saturated heterocycles. The summed E-state index contributed by atoms with van der Waals surface area (Å²) < 4.78 is 40.8. The van der Waals surface area contributed by atoms with Crippen LogP contribution in [-0.2, 0) is 12.7 Å². The van der Waals surface area contributed by atoms with Crippen molar-refractivity contribution in [2.24, 2.45) is 0 Å². The second-order valence-corrected chi connectivity index (χ2v) is 5.57. The number of alkyl halides is 3. The minimum absolute atomic E-state index is 0.341. The maximum atomic E-state index is 12.8. The molecular formula is C14H15BrF3N3. The highest BCUT2D eigenvalue weighted by atomic mass is 79.9. The molecule has 2 aromatic rings. The fourth-order valence-corrected chi connectivity index (χ4v) is 2.32. The number of imidazole rings is 1. The SMILES string of the molecule is CCCn1cc(C)nc1Nc1cc(C(F)(F)F)ccc1Br. The van der Waals surface area contributed by atoms with Gasteiger partial charge in [-0.15, -0.1) is 0 Å². The summed E-state index contributed by atoms with van der Waals surface area (Å²) in [7, 11) is 0. The molecule has 1 N–H and O–H groups in total. The Balaban J connectivity index is 2.35. The lowest BCUT2D eigenvalue weighted by Crippen LogP contribution is -2.07. The summed E-state index contributed by atoms with van der Waals surface area (Å²) in [6, 6.07) is 3.49. The number of hydrogen-bond donors (Lipinski definition) is 1. The van der Waals surface area contributed by atoms with Crippen LogP contribution in [0.1, 0.15) is 24.6 Å². The highest BCUT2D eigenvalue weighted by Gasteiger charge is 2.31. The third-order valence-electron chi connectivity index (χ3n) is 2.90. The minimum atomic E-state index is -4.37. The first-order chi connectivity index (χ1) is 9.81. The first-order valence-electron chi connectivity index (χ1n) is 6.48. The smallest absolute Gasteiger partial charge is 0.325 e. The molecular weight excluding hydrogens is 347 g/mol. The number of hydrogen-bond acceptors (Lipinski definition) is 2. The van der Waals surface area contributed by atoms with Crippen molar-refractivity contribution >= 4 is 27.6 Å². The maximum absolute atomic E-state index is 12.8. The van der Waals surface area contributed by atoms with Crippen molar-refractivity contribution in [3.63, 3.8) is 0 Å². The van der Waals surface area contributed by atoms with Crippen molar-refractivity contribution in [3.05, 3.63) is 40.1 Å². The predicted octanol–water partition coefficient (Wildman–Crippen LogP) is 5.13. The minimum Gasteiger partial charge on any atom is -0.325 e. The first kappa shape index (κ1) is 15.9. The van der Waals surface area contributed by atoms with E-state index < -0.39 is 11.7 Å². The zero-order valence-electron chi connectivity index (χ0n) is 11.6. The summed E-state index contributed by atoms with van der Waals surface area (Å²) >= 11 is 3.26. The van der Waals surface area contributed by atoms with E-state index in [1.807, 2.05) is 24.6 Å². The summed E-state index contributed by atoms with van der Waals surface area (Å²) in [6.07, 6.45) is -1.59. The van der Waals surface area contributed by atoms with Crippen LogP contribution in [0.15, 0.2) is 28.9 Å². The zero-order valence-corrected chi connectivity index (χ0v) is 13.2. The molecule has 0 fully saturated rings. The standard InChI is InChI=1S/C14H15BrF3N3/c1-3-6-21-8-9(2)19-13(21)20-12-7-10(14(16,17)18)4-5-11(12)15/h4-5,7-8H,3,6H2,1-2H3,(H,19,20). The van der Waals surface area contributed by atoms with Crippen molar-refractivity contribution in [1.82, 2.24) is 9.55 Å². The van der Waals surface area contributed by atoms with Gasteiger partial charge in [0.05, 0.1) is 16.9 Å². The molecule has 114 valence electrons. The molecule has 1 aromatic heterocycles. The number of halogens is 4. The Kier molecular flexibility index (Phi) is 4.61. The van der Waals surface area contributed by atoms with Crippen LogP contribution < -0.4 is 5.32 Å². The highest BCUT2D eigenvalue weighted by molar-refractivity contribution is 9.10. The maximum Gasteiger partial charge on any atom is 0.416 e. The van der Waals surface area contributed by atoms with Gasteiger partial charge in [0.15, 0.2) is 0 Å². The fourth-order valence-electron chi connectivity index (χ4n) is 1.98. The monoisotopic (exact) mass is 361 g/mol. The van der Waals surface area contributed by atoms with Crippen LogP contribution in [0.2, 0.25) is 0 Å². The molecule has 0 aliphatic rings. The summed E-state index contributed by atoms with van der Waals surface area (Å²) in [5.41, 5.74) is 0.459. The Morgan fingerprint density at radius 3 is 2.67 bits per heavy atom. The lowest BCUT2D eigenvalue weighted by Gasteiger charge is -2.13. The van der Waals surface area contributed by atoms with E-state index in [0.717, 1.165) is 30.8 Å². The number of aryl methyl sites for hydroxylation is 2. The topological polar surface area (TPSA) is 29.9 Å². The van der Waals surface area contributed by atoms with Crippen molar-refractivity contribution in [1.29, 1.82) is 0 Å². The number of anilines is 2. The average molecular weight is 362 g/mol. The van der Waals surface area contributed by atoms with Crippen molar-refractivity contribution in [2.75, 3.05) is 5.32 Å². The Bertz CT molecular complexity index is 635. The van der Waals surface area contributed by atoms with Gasteiger partial charge in [-0.2, -0.15) is 13.2 Å². The lowest BCUT2D eigenvalue weighted by molar-refractivity contribution is -0.137. The predicted molar refractivity (Wildman–Crippen MR) is 79.7 cm³/mol. The van der Waals surface area contributed by atoms with Crippen molar-refractivity contribution in [2.45, 2.75) is 33.0 Å². The molecule has 7 heteroatoms. The van der Waals surface area contributed by atoms with E-state index in [2.05, 4.69) is 26.2 Å². The summed E-state index contributed by atoms with van der Waals surface area (Å²) in [5.74, 6) is 0.536. The largest absolute Gasteiger partial charge is 0.416 e. The molecule has 3 nitrogen and oxygen atoms in total. The van der Waals surface area contributed by atoms with E-state index >= 15 is 0 Å². The normalized spacial score (nSPS) is 11.7. The summed E-state index contributed by atoms with van der Waals surface area (Å²) in [5, 5.41) is 2.96. The second-order valence-electron chi connectivity index (χ2n) is 4.72. The average Bonchev–Trinajstić information content (AvgIpc) is 2.71. The molecule has 1 aromatic carbocycles. The van der Waals surface area contributed by atoms with Gasteiger partial charge in [0.1, 0.15) is 0 Å². The third kappa shape index (κ3) is 3.78. The van der Waals surface area contributed by atoms with Crippen LogP contribution in [0, 0.1) is 6.92 Å². The van der Waals surface area contributed by atoms with Crippen LogP contribution >= 0.6 is 15.9 Å². The van der Waals surface area contributed by atoms with Crippen LogP contribution in [-0.4, -0.2) is 9.55 Å². The van der Waals surface area contributed by atoms with E-state index in [1.165, 1.54) is 6.07 Å². The Hall–Kier alpha value is -1.50. The number of aromatic nitrogens is 2.